The van der Waals surface area contributed by atoms with Gasteiger partial charge in [0.25, 0.3) is 0 Å². The SMILES string of the molecule is CC(C)C(=O)Nc1ccc(-c2cccc(C#N)c2)cn1. The van der Waals surface area contributed by atoms with Gasteiger partial charge in [-0.15, -0.1) is 0 Å². The second-order valence-electron chi connectivity index (χ2n) is 4.77. The van der Waals surface area contributed by atoms with Crippen LogP contribution in [0.25, 0.3) is 11.1 Å². The zero-order valence-electron chi connectivity index (χ0n) is 11.4. The Labute approximate surface area is 118 Å². The molecule has 1 amide bonds. The number of aromatic nitrogens is 1. The number of rotatable bonds is 3. The van der Waals surface area contributed by atoms with Crippen molar-refractivity contribution in [2.75, 3.05) is 5.32 Å². The molecular formula is C16H15N3O. The third kappa shape index (κ3) is 3.21. The van der Waals surface area contributed by atoms with E-state index >= 15 is 0 Å². The number of nitrogens with zero attached hydrogens (tertiary/aromatic N) is 2. The number of carbonyl (C=O) groups excluding carboxylic acids is 1. The largest absolute Gasteiger partial charge is 0.310 e. The van der Waals surface area contributed by atoms with Gasteiger partial charge in [0.05, 0.1) is 11.6 Å². The van der Waals surface area contributed by atoms with Crippen molar-refractivity contribution in [3.05, 3.63) is 48.2 Å². The maximum Gasteiger partial charge on any atom is 0.228 e. The number of nitrogens with one attached hydrogen (secondary N) is 1. The van der Waals surface area contributed by atoms with Crippen LogP contribution in [-0.2, 0) is 4.79 Å². The summed E-state index contributed by atoms with van der Waals surface area (Å²) < 4.78 is 0. The van der Waals surface area contributed by atoms with Crippen LogP contribution in [0.4, 0.5) is 5.82 Å². The van der Waals surface area contributed by atoms with E-state index in [0.717, 1.165) is 11.1 Å². The number of hydrogen-bond donors (Lipinski definition) is 1. The molecule has 100 valence electrons. The minimum atomic E-state index is -0.0798. The van der Waals surface area contributed by atoms with Crippen molar-refractivity contribution in [2.24, 2.45) is 5.92 Å². The monoisotopic (exact) mass is 265 g/mol. The van der Waals surface area contributed by atoms with Crippen LogP contribution in [0.1, 0.15) is 19.4 Å². The van der Waals surface area contributed by atoms with E-state index in [2.05, 4.69) is 16.4 Å². The van der Waals surface area contributed by atoms with Crippen LogP contribution in [0.2, 0.25) is 0 Å². The van der Waals surface area contributed by atoms with Crippen LogP contribution in [0.3, 0.4) is 0 Å². The highest BCUT2D eigenvalue weighted by Crippen LogP contribution is 2.20. The van der Waals surface area contributed by atoms with E-state index in [4.69, 9.17) is 5.26 Å². The standard InChI is InChI=1S/C16H15N3O/c1-11(2)16(20)19-15-7-6-14(10-18-15)13-5-3-4-12(8-13)9-17/h3-8,10-11H,1-2H3,(H,18,19,20). The molecule has 0 atom stereocenters. The van der Waals surface area contributed by atoms with Gasteiger partial charge in [0, 0.05) is 17.7 Å². The summed E-state index contributed by atoms with van der Waals surface area (Å²) in [5.74, 6) is 0.393. The lowest BCUT2D eigenvalue weighted by molar-refractivity contribution is -0.118. The van der Waals surface area contributed by atoms with Crippen LogP contribution in [0, 0.1) is 17.2 Å². The van der Waals surface area contributed by atoms with Crippen LogP contribution in [0.15, 0.2) is 42.6 Å². The third-order valence-electron chi connectivity index (χ3n) is 2.86. The predicted molar refractivity (Wildman–Crippen MR) is 77.9 cm³/mol. The Morgan fingerprint density at radius 3 is 2.65 bits per heavy atom. The highest BCUT2D eigenvalue weighted by molar-refractivity contribution is 5.91. The number of anilines is 1. The molecule has 1 aromatic heterocycles. The fraction of sp³-hybridized carbons (Fsp3) is 0.188. The van der Waals surface area contributed by atoms with E-state index in [1.54, 1.807) is 18.3 Å². The van der Waals surface area contributed by atoms with Gasteiger partial charge in [-0.3, -0.25) is 4.79 Å². The van der Waals surface area contributed by atoms with E-state index in [1.165, 1.54) is 0 Å². The lowest BCUT2D eigenvalue weighted by atomic mass is 10.1. The van der Waals surface area contributed by atoms with Gasteiger partial charge in [-0.25, -0.2) is 4.98 Å². The molecule has 2 aromatic rings. The van der Waals surface area contributed by atoms with Crippen molar-refractivity contribution < 1.29 is 4.79 Å². The number of benzene rings is 1. The lowest BCUT2D eigenvalue weighted by Crippen LogP contribution is -2.18. The molecule has 0 aliphatic heterocycles. The maximum absolute atomic E-state index is 11.6. The maximum atomic E-state index is 11.6. The molecule has 1 heterocycles. The van der Waals surface area contributed by atoms with E-state index in [-0.39, 0.29) is 11.8 Å². The third-order valence-corrected chi connectivity index (χ3v) is 2.86. The summed E-state index contributed by atoms with van der Waals surface area (Å²) in [4.78, 5) is 15.8. The summed E-state index contributed by atoms with van der Waals surface area (Å²) in [6.45, 7) is 3.66. The lowest BCUT2D eigenvalue weighted by Gasteiger charge is -2.07. The van der Waals surface area contributed by atoms with Gasteiger partial charge >= 0.3 is 0 Å². The predicted octanol–water partition coefficient (Wildman–Crippen LogP) is 3.21. The van der Waals surface area contributed by atoms with E-state index < -0.39 is 0 Å². The summed E-state index contributed by atoms with van der Waals surface area (Å²) in [6, 6.07) is 13.1. The van der Waals surface area contributed by atoms with Crippen molar-refractivity contribution in [1.29, 1.82) is 5.26 Å². The Bertz CT molecular complexity index is 654. The molecule has 0 fully saturated rings. The fourth-order valence-electron chi connectivity index (χ4n) is 1.68. The van der Waals surface area contributed by atoms with Crippen molar-refractivity contribution in [3.63, 3.8) is 0 Å². The second-order valence-corrected chi connectivity index (χ2v) is 4.77. The fourth-order valence-corrected chi connectivity index (χ4v) is 1.68. The topological polar surface area (TPSA) is 65.8 Å². The van der Waals surface area contributed by atoms with Crippen LogP contribution < -0.4 is 5.32 Å². The quantitative estimate of drug-likeness (QED) is 0.926. The van der Waals surface area contributed by atoms with Gasteiger partial charge in [-0.1, -0.05) is 26.0 Å². The number of amides is 1. The van der Waals surface area contributed by atoms with E-state index in [0.29, 0.717) is 11.4 Å². The minimum absolute atomic E-state index is 0.0586. The summed E-state index contributed by atoms with van der Waals surface area (Å²) in [6.07, 6.45) is 1.69. The Kier molecular flexibility index (Phi) is 4.11. The van der Waals surface area contributed by atoms with Gasteiger partial charge in [0.2, 0.25) is 5.91 Å². The summed E-state index contributed by atoms with van der Waals surface area (Å²) >= 11 is 0. The normalized spacial score (nSPS) is 10.1. The Morgan fingerprint density at radius 1 is 1.25 bits per heavy atom. The summed E-state index contributed by atoms with van der Waals surface area (Å²) in [5, 5.41) is 11.6. The van der Waals surface area contributed by atoms with Crippen LogP contribution in [0.5, 0.6) is 0 Å². The molecule has 4 nitrogen and oxygen atoms in total. The first-order chi connectivity index (χ1) is 9.60. The van der Waals surface area contributed by atoms with Gasteiger partial charge < -0.3 is 5.32 Å². The van der Waals surface area contributed by atoms with Crippen molar-refractivity contribution in [1.82, 2.24) is 4.98 Å². The van der Waals surface area contributed by atoms with Crippen molar-refractivity contribution >= 4 is 11.7 Å². The Balaban J connectivity index is 2.20. The molecule has 1 aromatic carbocycles. The van der Waals surface area contributed by atoms with Gasteiger partial charge in [-0.2, -0.15) is 5.26 Å². The number of hydrogen-bond acceptors (Lipinski definition) is 3. The molecule has 0 saturated heterocycles. The average molecular weight is 265 g/mol. The molecule has 0 radical (unpaired) electrons. The Morgan fingerprint density at radius 2 is 2.05 bits per heavy atom. The Hall–Kier alpha value is -2.67. The summed E-state index contributed by atoms with van der Waals surface area (Å²) in [7, 11) is 0. The van der Waals surface area contributed by atoms with Crippen molar-refractivity contribution in [3.8, 4) is 17.2 Å². The first kappa shape index (κ1) is 13.8. The zero-order valence-corrected chi connectivity index (χ0v) is 11.4. The molecule has 0 aliphatic carbocycles. The highest BCUT2D eigenvalue weighted by Gasteiger charge is 2.08. The number of carbonyl (C=O) groups is 1. The molecule has 0 bridgehead atoms. The van der Waals surface area contributed by atoms with E-state index in [9.17, 15) is 4.79 Å². The molecule has 4 heteroatoms. The molecular weight excluding hydrogens is 250 g/mol. The highest BCUT2D eigenvalue weighted by atomic mass is 16.1. The summed E-state index contributed by atoms with van der Waals surface area (Å²) in [5.41, 5.74) is 2.45. The number of pyridine rings is 1. The molecule has 0 spiro atoms. The first-order valence-electron chi connectivity index (χ1n) is 6.37. The number of nitriles is 1. The molecule has 1 N–H and O–H groups in total. The van der Waals surface area contributed by atoms with Crippen molar-refractivity contribution in [2.45, 2.75) is 13.8 Å². The molecule has 0 unspecified atom stereocenters. The van der Waals surface area contributed by atoms with Gasteiger partial charge in [0.15, 0.2) is 0 Å². The zero-order chi connectivity index (χ0) is 14.5. The van der Waals surface area contributed by atoms with E-state index in [1.807, 2.05) is 38.1 Å². The van der Waals surface area contributed by atoms with Gasteiger partial charge in [-0.05, 0) is 29.8 Å². The smallest absolute Gasteiger partial charge is 0.228 e. The molecule has 0 saturated carbocycles. The van der Waals surface area contributed by atoms with Gasteiger partial charge in [0.1, 0.15) is 5.82 Å². The minimum Gasteiger partial charge on any atom is -0.310 e. The first-order valence-corrected chi connectivity index (χ1v) is 6.37. The van der Waals surface area contributed by atoms with Crippen LogP contribution >= 0.6 is 0 Å². The molecule has 2 rings (SSSR count). The molecule has 20 heavy (non-hydrogen) atoms. The van der Waals surface area contributed by atoms with Crippen LogP contribution in [-0.4, -0.2) is 10.9 Å². The molecule has 0 aliphatic rings. The second kappa shape index (κ2) is 5.98. The average Bonchev–Trinajstić information content (AvgIpc) is 2.48.